The van der Waals surface area contributed by atoms with Crippen LogP contribution in [-0.2, 0) is 4.74 Å². The minimum Gasteiger partial charge on any atom is -0.383 e. The van der Waals surface area contributed by atoms with Crippen LogP contribution in [0, 0.1) is 6.92 Å². The summed E-state index contributed by atoms with van der Waals surface area (Å²) in [6.07, 6.45) is 3.56. The van der Waals surface area contributed by atoms with E-state index in [0.29, 0.717) is 6.61 Å². The molecule has 2 N–H and O–H groups in total. The van der Waals surface area contributed by atoms with Crippen LogP contribution in [0.5, 0.6) is 0 Å². The molecule has 0 spiro atoms. The number of ether oxygens (including phenoxy) is 1. The number of anilines is 1. The molecule has 0 amide bonds. The van der Waals surface area contributed by atoms with Crippen molar-refractivity contribution in [3.8, 4) is 0 Å². The standard InChI is InChI=1S/C14H19N3OS/c1-10-4-3-5-11(15-8-9-18-2)12(10)13(19)14-16-6-7-17-14/h3-7,13,15,19H,8-9H2,1-2H3,(H,16,17). The Morgan fingerprint density at radius 3 is 3.00 bits per heavy atom. The van der Waals surface area contributed by atoms with Gasteiger partial charge in [0.05, 0.1) is 11.9 Å². The molecule has 0 aliphatic rings. The van der Waals surface area contributed by atoms with E-state index in [1.807, 2.05) is 12.3 Å². The van der Waals surface area contributed by atoms with Crippen molar-refractivity contribution in [1.82, 2.24) is 9.97 Å². The van der Waals surface area contributed by atoms with Crippen molar-refractivity contribution in [3.05, 3.63) is 47.5 Å². The highest BCUT2D eigenvalue weighted by atomic mass is 32.1. The normalized spacial score (nSPS) is 12.4. The molecule has 0 saturated carbocycles. The molecule has 102 valence electrons. The van der Waals surface area contributed by atoms with E-state index in [1.54, 1.807) is 13.3 Å². The van der Waals surface area contributed by atoms with Gasteiger partial charge in [0, 0.05) is 31.7 Å². The van der Waals surface area contributed by atoms with Crippen LogP contribution < -0.4 is 5.32 Å². The van der Waals surface area contributed by atoms with Gasteiger partial charge in [-0.3, -0.25) is 0 Å². The molecule has 1 aromatic heterocycles. The summed E-state index contributed by atoms with van der Waals surface area (Å²) in [5, 5.41) is 3.31. The van der Waals surface area contributed by atoms with E-state index in [4.69, 9.17) is 17.4 Å². The quantitative estimate of drug-likeness (QED) is 0.562. The number of H-pyrrole nitrogens is 1. The molecule has 0 aliphatic carbocycles. The van der Waals surface area contributed by atoms with Crippen LogP contribution in [0.15, 0.2) is 30.6 Å². The number of nitrogens with one attached hydrogen (secondary N) is 2. The van der Waals surface area contributed by atoms with Crippen molar-refractivity contribution in [2.45, 2.75) is 12.2 Å². The Kier molecular flexibility index (Phi) is 4.87. The maximum atomic E-state index is 5.07. The zero-order chi connectivity index (χ0) is 13.7. The van der Waals surface area contributed by atoms with E-state index in [2.05, 4.69) is 34.3 Å². The summed E-state index contributed by atoms with van der Waals surface area (Å²) in [4.78, 5) is 7.40. The van der Waals surface area contributed by atoms with Crippen LogP contribution in [0.25, 0.3) is 0 Å². The molecule has 1 atom stereocenters. The van der Waals surface area contributed by atoms with Gasteiger partial charge < -0.3 is 15.0 Å². The molecular formula is C14H19N3OS. The maximum absolute atomic E-state index is 5.07. The summed E-state index contributed by atoms with van der Waals surface area (Å²) in [6, 6.07) is 6.18. The first kappa shape index (κ1) is 14.0. The molecule has 5 heteroatoms. The van der Waals surface area contributed by atoms with Crippen molar-refractivity contribution in [1.29, 1.82) is 0 Å². The van der Waals surface area contributed by atoms with Crippen molar-refractivity contribution in [2.24, 2.45) is 0 Å². The first-order valence-corrected chi connectivity index (χ1v) is 6.75. The number of hydrogen-bond donors (Lipinski definition) is 3. The third-order valence-corrected chi connectivity index (χ3v) is 3.50. The minimum atomic E-state index is -0.0683. The molecule has 0 saturated heterocycles. The summed E-state index contributed by atoms with van der Waals surface area (Å²) in [7, 11) is 1.70. The van der Waals surface area contributed by atoms with Crippen LogP contribution in [0.1, 0.15) is 22.2 Å². The Hall–Kier alpha value is -1.46. The maximum Gasteiger partial charge on any atom is 0.123 e. The highest BCUT2D eigenvalue weighted by Gasteiger charge is 2.17. The summed E-state index contributed by atoms with van der Waals surface area (Å²) >= 11 is 4.69. The fourth-order valence-corrected chi connectivity index (χ4v) is 2.53. The van der Waals surface area contributed by atoms with Gasteiger partial charge in [0.1, 0.15) is 5.82 Å². The second-order valence-corrected chi connectivity index (χ2v) is 4.85. The van der Waals surface area contributed by atoms with Gasteiger partial charge in [0.2, 0.25) is 0 Å². The Bertz CT molecular complexity index is 513. The highest BCUT2D eigenvalue weighted by Crippen LogP contribution is 2.34. The fourth-order valence-electron chi connectivity index (χ4n) is 2.05. The van der Waals surface area contributed by atoms with Gasteiger partial charge in [-0.1, -0.05) is 12.1 Å². The van der Waals surface area contributed by atoms with E-state index in [0.717, 1.165) is 23.6 Å². The summed E-state index contributed by atoms with van der Waals surface area (Å²) in [6.45, 7) is 3.53. The number of hydrogen-bond acceptors (Lipinski definition) is 4. The van der Waals surface area contributed by atoms with Gasteiger partial charge in [-0.2, -0.15) is 12.6 Å². The van der Waals surface area contributed by atoms with Gasteiger partial charge >= 0.3 is 0 Å². The van der Waals surface area contributed by atoms with E-state index >= 15 is 0 Å². The van der Waals surface area contributed by atoms with Crippen molar-refractivity contribution >= 4 is 18.3 Å². The molecule has 19 heavy (non-hydrogen) atoms. The van der Waals surface area contributed by atoms with E-state index < -0.39 is 0 Å². The van der Waals surface area contributed by atoms with Crippen molar-refractivity contribution in [2.75, 3.05) is 25.6 Å². The van der Waals surface area contributed by atoms with E-state index in [-0.39, 0.29) is 5.25 Å². The number of methoxy groups -OCH3 is 1. The minimum absolute atomic E-state index is 0.0683. The molecule has 1 heterocycles. The summed E-state index contributed by atoms with van der Waals surface area (Å²) in [5.74, 6) is 0.854. The van der Waals surface area contributed by atoms with Crippen LogP contribution in [-0.4, -0.2) is 30.2 Å². The predicted molar refractivity (Wildman–Crippen MR) is 81.0 cm³/mol. The monoisotopic (exact) mass is 277 g/mol. The van der Waals surface area contributed by atoms with Gasteiger partial charge in [-0.15, -0.1) is 0 Å². The van der Waals surface area contributed by atoms with Crippen LogP contribution in [0.4, 0.5) is 5.69 Å². The topological polar surface area (TPSA) is 49.9 Å². The zero-order valence-electron chi connectivity index (χ0n) is 11.2. The second-order valence-electron chi connectivity index (χ2n) is 4.33. The fraction of sp³-hybridized carbons (Fsp3) is 0.357. The Balaban J connectivity index is 2.27. The van der Waals surface area contributed by atoms with Gasteiger partial charge in [0.25, 0.3) is 0 Å². The van der Waals surface area contributed by atoms with Crippen LogP contribution >= 0.6 is 12.6 Å². The molecule has 0 radical (unpaired) electrons. The number of rotatable bonds is 6. The summed E-state index contributed by atoms with van der Waals surface area (Å²) < 4.78 is 5.07. The number of benzene rings is 1. The average Bonchev–Trinajstić information content (AvgIpc) is 2.92. The molecule has 2 rings (SSSR count). The lowest BCUT2D eigenvalue weighted by Crippen LogP contribution is -2.11. The van der Waals surface area contributed by atoms with Crippen molar-refractivity contribution in [3.63, 3.8) is 0 Å². The SMILES string of the molecule is COCCNc1cccc(C)c1C(S)c1ncc[nH]1. The Morgan fingerprint density at radius 1 is 1.47 bits per heavy atom. The molecule has 0 aliphatic heterocycles. The number of aryl methyl sites for hydroxylation is 1. The second kappa shape index (κ2) is 6.63. The molecule has 0 fully saturated rings. The number of nitrogens with zero attached hydrogens (tertiary/aromatic N) is 1. The molecule has 4 nitrogen and oxygen atoms in total. The molecule has 2 aromatic rings. The van der Waals surface area contributed by atoms with Crippen LogP contribution in [0.2, 0.25) is 0 Å². The third kappa shape index (κ3) is 3.30. The number of aromatic nitrogens is 2. The largest absolute Gasteiger partial charge is 0.383 e. The molecule has 1 unspecified atom stereocenters. The lowest BCUT2D eigenvalue weighted by atomic mass is 10.0. The summed E-state index contributed by atoms with van der Waals surface area (Å²) in [5.41, 5.74) is 3.42. The smallest absolute Gasteiger partial charge is 0.123 e. The first-order valence-electron chi connectivity index (χ1n) is 6.23. The van der Waals surface area contributed by atoms with Gasteiger partial charge in [-0.25, -0.2) is 4.98 Å². The lowest BCUT2D eigenvalue weighted by molar-refractivity contribution is 0.211. The third-order valence-electron chi connectivity index (χ3n) is 3.00. The predicted octanol–water partition coefficient (Wildman–Crippen LogP) is 2.80. The van der Waals surface area contributed by atoms with E-state index in [1.165, 1.54) is 5.56 Å². The lowest BCUT2D eigenvalue weighted by Gasteiger charge is -2.18. The molecular weight excluding hydrogens is 258 g/mol. The van der Waals surface area contributed by atoms with Gasteiger partial charge in [-0.05, 0) is 24.1 Å². The number of thiol groups is 1. The average molecular weight is 277 g/mol. The zero-order valence-corrected chi connectivity index (χ0v) is 12.1. The number of aromatic amines is 1. The number of imidazole rings is 1. The van der Waals surface area contributed by atoms with Crippen molar-refractivity contribution < 1.29 is 4.74 Å². The first-order chi connectivity index (χ1) is 9.24. The molecule has 0 bridgehead atoms. The Labute approximate surface area is 119 Å². The highest BCUT2D eigenvalue weighted by molar-refractivity contribution is 7.80. The Morgan fingerprint density at radius 2 is 2.32 bits per heavy atom. The molecule has 1 aromatic carbocycles. The van der Waals surface area contributed by atoms with Gasteiger partial charge in [0.15, 0.2) is 0 Å². The van der Waals surface area contributed by atoms with E-state index in [9.17, 15) is 0 Å². The van der Waals surface area contributed by atoms with Crippen LogP contribution in [0.3, 0.4) is 0 Å².